The molecule has 1 atom stereocenters. The van der Waals surface area contributed by atoms with Crippen LogP contribution in [0.5, 0.6) is 0 Å². The van der Waals surface area contributed by atoms with Crippen LogP contribution >= 0.6 is 11.8 Å². The van der Waals surface area contributed by atoms with Gasteiger partial charge in [0.2, 0.25) is 5.16 Å². The summed E-state index contributed by atoms with van der Waals surface area (Å²) in [6.45, 7) is 0. The average Bonchev–Trinajstić information content (AvgIpc) is 2.82. The van der Waals surface area contributed by atoms with Gasteiger partial charge in [0.15, 0.2) is 0 Å². The molecule has 1 aliphatic rings. The van der Waals surface area contributed by atoms with E-state index < -0.39 is 12.1 Å². The Labute approximate surface area is 187 Å². The maximum absolute atomic E-state index is 13.1. The number of nitrogens with zero attached hydrogens (tertiary/aromatic N) is 2. The number of hydrogen-bond donors (Lipinski definition) is 3. The maximum atomic E-state index is 13.1. The van der Waals surface area contributed by atoms with Crippen molar-refractivity contribution in [2.75, 3.05) is 5.32 Å². The maximum Gasteiger partial charge on any atom is 0.335 e. The second-order valence-corrected chi connectivity index (χ2v) is 8.31. The molecule has 32 heavy (non-hydrogen) atoms. The van der Waals surface area contributed by atoms with Gasteiger partial charge < -0.3 is 10.4 Å². The molecule has 3 aromatic carbocycles. The Balaban J connectivity index is 1.58. The summed E-state index contributed by atoms with van der Waals surface area (Å²) in [5, 5.41) is 17.9. The number of carboxylic acids is 1. The molecule has 3 N–H and O–H groups in total. The Kier molecular flexibility index (Phi) is 5.20. The van der Waals surface area contributed by atoms with Crippen LogP contribution in [-0.4, -0.2) is 21.2 Å². The lowest BCUT2D eigenvalue weighted by molar-refractivity contribution is -0.759. The van der Waals surface area contributed by atoms with E-state index in [9.17, 15) is 14.7 Å². The van der Waals surface area contributed by atoms with Gasteiger partial charge in [0.25, 0.3) is 6.17 Å². The number of carbonyl (C=O) groups is 1. The largest absolute Gasteiger partial charge is 0.478 e. The predicted octanol–water partition coefficient (Wildman–Crippen LogP) is 3.69. The quantitative estimate of drug-likeness (QED) is 0.321. The first kappa shape index (κ1) is 20.0. The number of hydrogen-bond acceptors (Lipinski definition) is 5. The molecule has 0 radical (unpaired) electrons. The third-order valence-electron chi connectivity index (χ3n) is 5.27. The zero-order valence-corrected chi connectivity index (χ0v) is 17.7. The molecule has 4 aromatic rings. The van der Waals surface area contributed by atoms with Crippen molar-refractivity contribution >= 4 is 23.4 Å². The molecule has 0 unspecified atom stereocenters. The van der Waals surface area contributed by atoms with E-state index in [-0.39, 0.29) is 11.1 Å². The van der Waals surface area contributed by atoms with Gasteiger partial charge in [0.05, 0.1) is 16.8 Å². The summed E-state index contributed by atoms with van der Waals surface area (Å²) in [5.74, 6) is -0.314. The zero-order valence-electron chi connectivity index (χ0n) is 16.9. The van der Waals surface area contributed by atoms with Crippen LogP contribution in [0, 0.1) is 0 Å². The molecule has 8 heteroatoms. The SMILES string of the molecule is O=C(O)c1ccc([C@H]2Nc3ccccc3-c3c(=O)[nH]c(SCc4ccccc4)n[n+]32)cc1. The molecule has 0 bridgehead atoms. The number of aromatic nitrogens is 3. The van der Waals surface area contributed by atoms with Crippen LogP contribution in [0.4, 0.5) is 5.69 Å². The normalized spacial score (nSPS) is 14.2. The van der Waals surface area contributed by atoms with Crippen LogP contribution in [-0.2, 0) is 5.75 Å². The number of para-hydroxylation sites is 1. The lowest BCUT2D eigenvalue weighted by atomic mass is 10.0. The Morgan fingerprint density at radius 3 is 2.47 bits per heavy atom. The number of thioether (sulfide) groups is 1. The van der Waals surface area contributed by atoms with Gasteiger partial charge in [0.1, 0.15) is 0 Å². The Morgan fingerprint density at radius 1 is 1.00 bits per heavy atom. The molecule has 0 aliphatic carbocycles. The third kappa shape index (κ3) is 3.76. The summed E-state index contributed by atoms with van der Waals surface area (Å²) in [6, 6.07) is 24.1. The molecule has 0 saturated carbocycles. The van der Waals surface area contributed by atoms with Gasteiger partial charge in [-0.3, -0.25) is 9.78 Å². The van der Waals surface area contributed by atoms with E-state index in [1.807, 2.05) is 54.6 Å². The monoisotopic (exact) mass is 443 g/mol. The minimum absolute atomic E-state index is 0.202. The highest BCUT2D eigenvalue weighted by Gasteiger charge is 2.37. The number of rotatable bonds is 5. The first-order valence-electron chi connectivity index (χ1n) is 10.0. The fourth-order valence-corrected chi connectivity index (χ4v) is 4.52. The van der Waals surface area contributed by atoms with Gasteiger partial charge in [0, 0.05) is 16.4 Å². The van der Waals surface area contributed by atoms with Crippen LogP contribution in [0.1, 0.15) is 27.7 Å². The predicted molar refractivity (Wildman–Crippen MR) is 122 cm³/mol. The zero-order chi connectivity index (χ0) is 22.1. The van der Waals surface area contributed by atoms with E-state index in [1.165, 1.54) is 11.8 Å². The van der Waals surface area contributed by atoms with Crippen molar-refractivity contribution in [3.8, 4) is 11.3 Å². The molecule has 2 heterocycles. The van der Waals surface area contributed by atoms with Gasteiger partial charge in [-0.05, 0) is 46.6 Å². The molecule has 5 rings (SSSR count). The summed E-state index contributed by atoms with van der Waals surface area (Å²) in [7, 11) is 0. The van der Waals surface area contributed by atoms with E-state index >= 15 is 0 Å². The average molecular weight is 444 g/mol. The fraction of sp³-hybridized carbons (Fsp3) is 0.0833. The minimum atomic E-state index is -0.985. The Hall–Kier alpha value is -3.91. The van der Waals surface area contributed by atoms with E-state index in [2.05, 4.69) is 10.3 Å². The van der Waals surface area contributed by atoms with Crippen LogP contribution in [0.3, 0.4) is 0 Å². The molecule has 158 valence electrons. The van der Waals surface area contributed by atoms with Crippen LogP contribution in [0.25, 0.3) is 11.3 Å². The minimum Gasteiger partial charge on any atom is -0.478 e. The molecule has 0 amide bonds. The van der Waals surface area contributed by atoms with Gasteiger partial charge in [-0.25, -0.2) is 4.79 Å². The highest BCUT2D eigenvalue weighted by atomic mass is 32.2. The number of H-pyrrole nitrogens is 1. The second kappa shape index (κ2) is 8.32. The highest BCUT2D eigenvalue weighted by Crippen LogP contribution is 2.31. The van der Waals surface area contributed by atoms with Crippen molar-refractivity contribution in [3.05, 3.63) is 106 Å². The van der Waals surface area contributed by atoms with Crippen molar-refractivity contribution in [1.82, 2.24) is 10.1 Å². The molecular formula is C24H19N4O3S+. The number of nitrogens with one attached hydrogen (secondary N) is 2. The number of fused-ring (bicyclic) bond motifs is 3. The first-order chi connectivity index (χ1) is 15.6. The molecule has 1 aliphatic heterocycles. The number of aromatic carboxylic acids is 1. The van der Waals surface area contributed by atoms with Gasteiger partial charge in [-0.15, -0.1) is 0 Å². The van der Waals surface area contributed by atoms with E-state index in [4.69, 9.17) is 5.10 Å². The topological polar surface area (TPSA) is 99.0 Å². The lowest BCUT2D eigenvalue weighted by Gasteiger charge is -2.22. The van der Waals surface area contributed by atoms with Gasteiger partial charge in [-0.2, -0.15) is 0 Å². The summed E-state index contributed by atoms with van der Waals surface area (Å²) >= 11 is 1.45. The van der Waals surface area contributed by atoms with Crippen LogP contribution < -0.4 is 15.6 Å². The summed E-state index contributed by atoms with van der Waals surface area (Å²) < 4.78 is 1.68. The number of aromatic amines is 1. The molecule has 0 spiro atoms. The molecule has 1 aromatic heterocycles. The number of anilines is 1. The summed E-state index contributed by atoms with van der Waals surface area (Å²) in [5.41, 5.74) is 3.94. The molecule has 7 nitrogen and oxygen atoms in total. The van der Waals surface area contributed by atoms with E-state index in [0.29, 0.717) is 16.6 Å². The summed E-state index contributed by atoms with van der Waals surface area (Å²) in [4.78, 5) is 27.3. The third-order valence-corrected chi connectivity index (χ3v) is 6.21. The van der Waals surface area contributed by atoms with Crippen molar-refractivity contribution in [2.24, 2.45) is 0 Å². The summed E-state index contributed by atoms with van der Waals surface area (Å²) in [6.07, 6.45) is -0.457. The highest BCUT2D eigenvalue weighted by molar-refractivity contribution is 7.98. The molecule has 0 fully saturated rings. The number of carboxylic acid groups (broad SMARTS) is 1. The Morgan fingerprint density at radius 2 is 1.72 bits per heavy atom. The van der Waals surface area contributed by atoms with Crippen LogP contribution in [0.15, 0.2) is 88.8 Å². The Bertz CT molecular complexity index is 1350. The van der Waals surface area contributed by atoms with E-state index in [1.54, 1.807) is 28.9 Å². The van der Waals surface area contributed by atoms with Crippen molar-refractivity contribution in [2.45, 2.75) is 17.1 Å². The fourth-order valence-electron chi connectivity index (χ4n) is 3.71. The smallest absolute Gasteiger partial charge is 0.335 e. The van der Waals surface area contributed by atoms with Gasteiger partial charge >= 0.3 is 17.2 Å². The second-order valence-electron chi connectivity index (χ2n) is 7.35. The standard InChI is InChI=1S/C24H18N4O3S/c29-22-20-18-8-4-5-9-19(18)25-21(16-10-12-17(13-11-16)23(30)31)28(20)27-24(26-22)32-14-15-6-2-1-3-7-15/h1-13,21H,14H2,(H2,26,27,29,30,31)/p+1/t21-/m0/s1. The van der Waals surface area contributed by atoms with E-state index in [0.717, 1.165) is 22.4 Å². The molecule has 0 saturated heterocycles. The van der Waals surface area contributed by atoms with Crippen molar-refractivity contribution in [3.63, 3.8) is 0 Å². The van der Waals surface area contributed by atoms with Gasteiger partial charge in [-0.1, -0.05) is 54.2 Å². The lowest BCUT2D eigenvalue weighted by Crippen LogP contribution is -2.55. The van der Waals surface area contributed by atoms with Crippen LogP contribution in [0.2, 0.25) is 0 Å². The van der Waals surface area contributed by atoms with Crippen molar-refractivity contribution in [1.29, 1.82) is 0 Å². The van der Waals surface area contributed by atoms with Crippen molar-refractivity contribution < 1.29 is 14.6 Å². The first-order valence-corrected chi connectivity index (χ1v) is 11.0. The number of benzene rings is 3. The molecular weight excluding hydrogens is 424 g/mol.